The van der Waals surface area contributed by atoms with Gasteiger partial charge in [-0.25, -0.2) is 0 Å². The summed E-state index contributed by atoms with van der Waals surface area (Å²) in [4.78, 5) is 25.2. The normalized spacial score (nSPS) is 24.2. The molecular formula is C19H19NO2. The van der Waals surface area contributed by atoms with Crippen LogP contribution < -0.4 is 5.32 Å². The van der Waals surface area contributed by atoms with E-state index in [-0.39, 0.29) is 17.6 Å². The second-order valence-corrected chi connectivity index (χ2v) is 5.85. The molecule has 1 N–H and O–H groups in total. The Balaban J connectivity index is 2.00. The molecule has 0 saturated heterocycles. The van der Waals surface area contributed by atoms with E-state index in [1.165, 1.54) is 0 Å². The lowest BCUT2D eigenvalue weighted by Gasteiger charge is -2.32. The van der Waals surface area contributed by atoms with Gasteiger partial charge in [-0.3, -0.25) is 9.59 Å². The van der Waals surface area contributed by atoms with Crippen molar-refractivity contribution in [2.24, 2.45) is 5.92 Å². The van der Waals surface area contributed by atoms with E-state index in [0.717, 1.165) is 11.3 Å². The summed E-state index contributed by atoms with van der Waals surface area (Å²) in [5.41, 5.74) is 0.907. The largest absolute Gasteiger partial charge is 0.325 e. The summed E-state index contributed by atoms with van der Waals surface area (Å²) in [5, 5.41) is 2.98. The Labute approximate surface area is 130 Å². The number of Topliss-reactive ketones (excluding diaryl/α,β-unsaturated/α-hetero) is 1. The molecule has 3 nitrogen and oxygen atoms in total. The van der Waals surface area contributed by atoms with Crippen molar-refractivity contribution in [2.45, 2.75) is 25.2 Å². The Morgan fingerprint density at radius 2 is 1.64 bits per heavy atom. The second-order valence-electron chi connectivity index (χ2n) is 5.85. The summed E-state index contributed by atoms with van der Waals surface area (Å²) < 4.78 is 0. The van der Waals surface area contributed by atoms with Crippen molar-refractivity contribution < 1.29 is 9.59 Å². The van der Waals surface area contributed by atoms with Crippen LogP contribution in [0.25, 0.3) is 0 Å². The average Bonchev–Trinajstić information content (AvgIpc) is 2.86. The van der Waals surface area contributed by atoms with E-state index in [4.69, 9.17) is 0 Å². The van der Waals surface area contributed by atoms with Crippen molar-refractivity contribution >= 4 is 17.4 Å². The number of carbonyl (C=O) groups is 2. The highest BCUT2D eigenvalue weighted by atomic mass is 16.2. The fourth-order valence-electron chi connectivity index (χ4n) is 3.36. The van der Waals surface area contributed by atoms with Gasteiger partial charge in [0.15, 0.2) is 0 Å². The van der Waals surface area contributed by atoms with E-state index in [0.29, 0.717) is 12.8 Å². The van der Waals surface area contributed by atoms with Crippen molar-refractivity contribution in [2.75, 3.05) is 5.32 Å². The molecule has 0 radical (unpaired) electrons. The van der Waals surface area contributed by atoms with Gasteiger partial charge in [0.05, 0.1) is 5.41 Å². The predicted octanol–water partition coefficient (Wildman–Crippen LogP) is 3.56. The molecule has 0 spiro atoms. The lowest BCUT2D eigenvalue weighted by Crippen LogP contribution is -2.43. The predicted molar refractivity (Wildman–Crippen MR) is 86.6 cm³/mol. The van der Waals surface area contributed by atoms with Crippen LogP contribution in [0.3, 0.4) is 0 Å². The maximum atomic E-state index is 13.0. The Morgan fingerprint density at radius 1 is 1.05 bits per heavy atom. The molecule has 2 aromatic carbocycles. The van der Waals surface area contributed by atoms with Crippen molar-refractivity contribution in [1.82, 2.24) is 0 Å². The quantitative estimate of drug-likeness (QED) is 0.940. The SMILES string of the molecule is C[C@H]1C(=O)CC[C@@]1(C(=O)Nc1ccccc1)c1ccccc1. The molecule has 112 valence electrons. The number of ketones is 1. The maximum absolute atomic E-state index is 13.0. The lowest BCUT2D eigenvalue weighted by molar-refractivity contribution is -0.127. The number of anilines is 1. The molecule has 1 aliphatic carbocycles. The Morgan fingerprint density at radius 3 is 2.18 bits per heavy atom. The van der Waals surface area contributed by atoms with Gasteiger partial charge in [0.1, 0.15) is 5.78 Å². The summed E-state index contributed by atoms with van der Waals surface area (Å²) >= 11 is 0. The molecule has 0 heterocycles. The first kappa shape index (κ1) is 14.5. The number of rotatable bonds is 3. The number of carbonyl (C=O) groups excluding carboxylic acids is 2. The molecule has 0 aliphatic heterocycles. The van der Waals surface area contributed by atoms with E-state index in [1.807, 2.05) is 67.6 Å². The van der Waals surface area contributed by atoms with Crippen molar-refractivity contribution in [3.8, 4) is 0 Å². The molecule has 0 aromatic heterocycles. The zero-order valence-corrected chi connectivity index (χ0v) is 12.6. The summed E-state index contributed by atoms with van der Waals surface area (Å²) in [6, 6.07) is 19.0. The minimum Gasteiger partial charge on any atom is -0.325 e. The molecule has 1 amide bonds. The fraction of sp³-hybridized carbons (Fsp3) is 0.263. The molecule has 2 aromatic rings. The third-order valence-corrected chi connectivity index (χ3v) is 4.71. The van der Waals surface area contributed by atoms with Crippen LogP contribution >= 0.6 is 0 Å². The van der Waals surface area contributed by atoms with Gasteiger partial charge in [-0.05, 0) is 24.1 Å². The van der Waals surface area contributed by atoms with E-state index in [9.17, 15) is 9.59 Å². The molecule has 0 unspecified atom stereocenters. The number of benzene rings is 2. The highest BCUT2D eigenvalue weighted by molar-refractivity contribution is 6.05. The molecular weight excluding hydrogens is 274 g/mol. The lowest BCUT2D eigenvalue weighted by atomic mass is 9.72. The summed E-state index contributed by atoms with van der Waals surface area (Å²) in [7, 11) is 0. The topological polar surface area (TPSA) is 46.2 Å². The summed E-state index contributed by atoms with van der Waals surface area (Å²) in [5.74, 6) is -0.242. The summed E-state index contributed by atoms with van der Waals surface area (Å²) in [6.07, 6.45) is 1.02. The van der Waals surface area contributed by atoms with E-state index in [2.05, 4.69) is 5.32 Å². The maximum Gasteiger partial charge on any atom is 0.235 e. The fourth-order valence-corrected chi connectivity index (χ4v) is 3.36. The van der Waals surface area contributed by atoms with Crippen molar-refractivity contribution in [3.63, 3.8) is 0 Å². The minimum absolute atomic E-state index is 0.0942. The van der Waals surface area contributed by atoms with Gasteiger partial charge in [-0.15, -0.1) is 0 Å². The molecule has 1 fully saturated rings. The molecule has 22 heavy (non-hydrogen) atoms. The van der Waals surface area contributed by atoms with Crippen molar-refractivity contribution in [1.29, 1.82) is 0 Å². The van der Waals surface area contributed by atoms with Crippen LogP contribution in [0.15, 0.2) is 60.7 Å². The molecule has 1 aliphatic rings. The smallest absolute Gasteiger partial charge is 0.235 e. The molecule has 3 rings (SSSR count). The van der Waals surface area contributed by atoms with E-state index >= 15 is 0 Å². The van der Waals surface area contributed by atoms with E-state index < -0.39 is 5.41 Å². The van der Waals surface area contributed by atoms with Crippen LogP contribution in [-0.2, 0) is 15.0 Å². The Hall–Kier alpha value is -2.42. The first-order valence-electron chi connectivity index (χ1n) is 7.59. The van der Waals surface area contributed by atoms with Crippen LogP contribution in [0.2, 0.25) is 0 Å². The third kappa shape index (κ3) is 2.33. The van der Waals surface area contributed by atoms with Gasteiger partial charge in [0.25, 0.3) is 0 Å². The van der Waals surface area contributed by atoms with Crippen molar-refractivity contribution in [3.05, 3.63) is 66.2 Å². The van der Waals surface area contributed by atoms with Crippen LogP contribution in [0, 0.1) is 5.92 Å². The highest BCUT2D eigenvalue weighted by Crippen LogP contribution is 2.44. The second kappa shape index (κ2) is 5.76. The Bertz CT molecular complexity index is 681. The van der Waals surface area contributed by atoms with Crippen LogP contribution in [0.4, 0.5) is 5.69 Å². The first-order chi connectivity index (χ1) is 10.6. The molecule has 0 bridgehead atoms. The van der Waals surface area contributed by atoms with Gasteiger partial charge in [0.2, 0.25) is 5.91 Å². The number of hydrogen-bond acceptors (Lipinski definition) is 2. The Kier molecular flexibility index (Phi) is 3.80. The molecule has 1 saturated carbocycles. The van der Waals surface area contributed by atoms with Crippen LogP contribution in [0.1, 0.15) is 25.3 Å². The van der Waals surface area contributed by atoms with Gasteiger partial charge >= 0.3 is 0 Å². The number of amides is 1. The number of hydrogen-bond donors (Lipinski definition) is 1. The van der Waals surface area contributed by atoms with Gasteiger partial charge in [0, 0.05) is 18.0 Å². The van der Waals surface area contributed by atoms with Gasteiger partial charge < -0.3 is 5.32 Å². The van der Waals surface area contributed by atoms with Crippen LogP contribution in [-0.4, -0.2) is 11.7 Å². The van der Waals surface area contributed by atoms with Gasteiger partial charge in [-0.1, -0.05) is 55.5 Å². The monoisotopic (exact) mass is 293 g/mol. The van der Waals surface area contributed by atoms with E-state index in [1.54, 1.807) is 0 Å². The zero-order chi connectivity index (χ0) is 15.6. The summed E-state index contributed by atoms with van der Waals surface area (Å²) in [6.45, 7) is 1.87. The zero-order valence-electron chi connectivity index (χ0n) is 12.6. The third-order valence-electron chi connectivity index (χ3n) is 4.71. The van der Waals surface area contributed by atoms with Gasteiger partial charge in [-0.2, -0.15) is 0 Å². The molecule has 2 atom stereocenters. The standard InChI is InChI=1S/C19H19NO2/c1-14-17(21)12-13-19(14,15-8-4-2-5-9-15)18(22)20-16-10-6-3-7-11-16/h2-11,14H,12-13H2,1H3,(H,20,22)/t14-,19-/m0/s1. The highest BCUT2D eigenvalue weighted by Gasteiger charge is 2.52. The van der Waals surface area contributed by atoms with Crippen LogP contribution in [0.5, 0.6) is 0 Å². The first-order valence-corrected chi connectivity index (χ1v) is 7.59. The minimum atomic E-state index is -0.770. The number of nitrogens with one attached hydrogen (secondary N) is 1. The molecule has 3 heteroatoms. The average molecular weight is 293 g/mol. The number of para-hydroxylation sites is 1.